The first-order valence-corrected chi connectivity index (χ1v) is 7.65. The van der Waals surface area contributed by atoms with Crippen LogP contribution in [0, 0.1) is 17.8 Å². The van der Waals surface area contributed by atoms with Crippen LogP contribution in [0.15, 0.2) is 24.3 Å². The molecule has 2 nitrogen and oxygen atoms in total. The molecule has 19 heavy (non-hydrogen) atoms. The average Bonchev–Trinajstić information content (AvgIpc) is 3.08. The standard InChI is InChI=1S/C17H21NO/c19-17(15-8-11-5-6-12(15)7-11)16-10-18-9-13-3-1-2-4-14(13)16/h1-4,11-12,15-16,18H,5-10H2. The molecule has 100 valence electrons. The number of carbonyl (C=O) groups is 1. The van der Waals surface area contributed by atoms with Crippen LogP contribution in [-0.2, 0) is 11.3 Å². The van der Waals surface area contributed by atoms with Gasteiger partial charge < -0.3 is 5.32 Å². The first-order chi connectivity index (χ1) is 9.33. The zero-order chi connectivity index (χ0) is 12.8. The fourth-order valence-electron chi connectivity index (χ4n) is 4.60. The molecular weight excluding hydrogens is 234 g/mol. The van der Waals surface area contributed by atoms with Gasteiger partial charge in [0.25, 0.3) is 0 Å². The second kappa shape index (κ2) is 4.45. The van der Waals surface area contributed by atoms with Gasteiger partial charge in [0.15, 0.2) is 0 Å². The first kappa shape index (κ1) is 11.7. The summed E-state index contributed by atoms with van der Waals surface area (Å²) in [5.41, 5.74) is 2.60. The maximum atomic E-state index is 12.9. The lowest BCUT2D eigenvalue weighted by Crippen LogP contribution is -2.36. The smallest absolute Gasteiger partial charge is 0.144 e. The summed E-state index contributed by atoms with van der Waals surface area (Å²) in [5.74, 6) is 2.54. The molecule has 4 rings (SSSR count). The van der Waals surface area contributed by atoms with Crippen LogP contribution in [0.4, 0.5) is 0 Å². The predicted molar refractivity (Wildman–Crippen MR) is 74.8 cm³/mol. The molecule has 0 spiro atoms. The third-order valence-corrected chi connectivity index (χ3v) is 5.54. The molecular formula is C17H21NO. The predicted octanol–water partition coefficient (Wildman–Crippen LogP) is 2.88. The van der Waals surface area contributed by atoms with Gasteiger partial charge >= 0.3 is 0 Å². The molecule has 3 aliphatic rings. The van der Waals surface area contributed by atoms with E-state index in [4.69, 9.17) is 0 Å². The minimum Gasteiger partial charge on any atom is -0.312 e. The minimum atomic E-state index is 0.106. The molecule has 0 aromatic heterocycles. The largest absolute Gasteiger partial charge is 0.312 e. The molecule has 2 heteroatoms. The summed E-state index contributed by atoms with van der Waals surface area (Å²) in [6, 6.07) is 8.46. The van der Waals surface area contributed by atoms with E-state index in [0.717, 1.165) is 19.0 Å². The summed E-state index contributed by atoms with van der Waals surface area (Å²) in [7, 11) is 0. The van der Waals surface area contributed by atoms with Crippen molar-refractivity contribution in [3.05, 3.63) is 35.4 Å². The summed E-state index contributed by atoms with van der Waals surface area (Å²) >= 11 is 0. The van der Waals surface area contributed by atoms with Gasteiger partial charge in [-0.3, -0.25) is 4.79 Å². The van der Waals surface area contributed by atoms with Crippen molar-refractivity contribution < 1.29 is 4.79 Å². The van der Waals surface area contributed by atoms with E-state index in [9.17, 15) is 4.79 Å². The lowest BCUT2D eigenvalue weighted by Gasteiger charge is -2.30. The fourth-order valence-corrected chi connectivity index (χ4v) is 4.60. The SMILES string of the molecule is O=C(C1CNCc2ccccc21)C1CC2CCC1C2. The maximum Gasteiger partial charge on any atom is 0.144 e. The van der Waals surface area contributed by atoms with Crippen molar-refractivity contribution in [3.8, 4) is 0 Å². The first-order valence-electron chi connectivity index (χ1n) is 7.65. The highest BCUT2D eigenvalue weighted by Gasteiger charge is 2.45. The van der Waals surface area contributed by atoms with Crippen LogP contribution in [0.1, 0.15) is 42.7 Å². The highest BCUT2D eigenvalue weighted by atomic mass is 16.1. The molecule has 1 aromatic rings. The molecule has 0 radical (unpaired) electrons. The highest BCUT2D eigenvalue weighted by molar-refractivity contribution is 5.89. The number of rotatable bonds is 2. The van der Waals surface area contributed by atoms with Crippen molar-refractivity contribution in [1.29, 1.82) is 0 Å². The molecule has 4 atom stereocenters. The summed E-state index contributed by atoms with van der Waals surface area (Å²) in [6.45, 7) is 1.75. The second-order valence-electron chi connectivity index (χ2n) is 6.57. The maximum absolute atomic E-state index is 12.9. The Morgan fingerprint density at radius 2 is 2.05 bits per heavy atom. The van der Waals surface area contributed by atoms with Gasteiger partial charge in [-0.15, -0.1) is 0 Å². The van der Waals surface area contributed by atoms with Crippen molar-refractivity contribution in [2.24, 2.45) is 17.8 Å². The minimum absolute atomic E-state index is 0.106. The lowest BCUT2D eigenvalue weighted by molar-refractivity contribution is -0.126. The Morgan fingerprint density at radius 1 is 1.16 bits per heavy atom. The van der Waals surface area contributed by atoms with Crippen LogP contribution < -0.4 is 5.32 Å². The van der Waals surface area contributed by atoms with Gasteiger partial charge in [-0.2, -0.15) is 0 Å². The Kier molecular flexibility index (Phi) is 2.73. The molecule has 2 aliphatic carbocycles. The lowest BCUT2D eigenvalue weighted by atomic mass is 9.77. The summed E-state index contributed by atoms with van der Waals surface area (Å²) in [5, 5.41) is 3.42. The number of hydrogen-bond acceptors (Lipinski definition) is 2. The third-order valence-electron chi connectivity index (χ3n) is 5.54. The summed E-state index contributed by atoms with van der Waals surface area (Å²) in [6.07, 6.45) is 5.15. The van der Waals surface area contributed by atoms with E-state index in [-0.39, 0.29) is 5.92 Å². The van der Waals surface area contributed by atoms with E-state index < -0.39 is 0 Å². The van der Waals surface area contributed by atoms with E-state index in [2.05, 4.69) is 29.6 Å². The zero-order valence-corrected chi connectivity index (χ0v) is 11.3. The van der Waals surface area contributed by atoms with Crippen molar-refractivity contribution in [1.82, 2.24) is 5.32 Å². The fraction of sp³-hybridized carbons (Fsp3) is 0.588. The molecule has 1 aliphatic heterocycles. The second-order valence-corrected chi connectivity index (χ2v) is 6.57. The van der Waals surface area contributed by atoms with Crippen LogP contribution in [0.5, 0.6) is 0 Å². The van der Waals surface area contributed by atoms with E-state index >= 15 is 0 Å². The molecule has 1 N–H and O–H groups in total. The van der Waals surface area contributed by atoms with Gasteiger partial charge in [-0.25, -0.2) is 0 Å². The molecule has 1 heterocycles. The van der Waals surface area contributed by atoms with Crippen LogP contribution in [0.25, 0.3) is 0 Å². The van der Waals surface area contributed by atoms with E-state index in [1.807, 2.05) is 0 Å². The molecule has 0 amide bonds. The van der Waals surface area contributed by atoms with Crippen molar-refractivity contribution in [3.63, 3.8) is 0 Å². The van der Waals surface area contributed by atoms with Crippen LogP contribution in [0.2, 0.25) is 0 Å². The van der Waals surface area contributed by atoms with E-state index in [1.54, 1.807) is 0 Å². The topological polar surface area (TPSA) is 29.1 Å². The molecule has 0 saturated heterocycles. The third kappa shape index (κ3) is 1.85. The zero-order valence-electron chi connectivity index (χ0n) is 11.3. The van der Waals surface area contributed by atoms with E-state index in [0.29, 0.717) is 17.6 Å². The number of nitrogens with one attached hydrogen (secondary N) is 1. The summed E-state index contributed by atoms with van der Waals surface area (Å²) < 4.78 is 0. The Balaban J connectivity index is 1.61. The van der Waals surface area contributed by atoms with Gasteiger partial charge in [0.1, 0.15) is 5.78 Å². The van der Waals surface area contributed by atoms with Gasteiger partial charge in [-0.1, -0.05) is 30.7 Å². The van der Waals surface area contributed by atoms with E-state index in [1.165, 1.54) is 36.8 Å². The van der Waals surface area contributed by atoms with Crippen LogP contribution in [-0.4, -0.2) is 12.3 Å². The molecule has 4 unspecified atom stereocenters. The number of hydrogen-bond donors (Lipinski definition) is 1. The summed E-state index contributed by atoms with van der Waals surface area (Å²) in [4.78, 5) is 12.9. The molecule has 2 fully saturated rings. The Labute approximate surface area is 114 Å². The van der Waals surface area contributed by atoms with Gasteiger partial charge in [0.2, 0.25) is 0 Å². The van der Waals surface area contributed by atoms with Crippen LogP contribution in [0.3, 0.4) is 0 Å². The quantitative estimate of drug-likeness (QED) is 0.880. The van der Waals surface area contributed by atoms with Gasteiger partial charge in [0.05, 0.1) is 5.92 Å². The number of Topliss-reactive ketones (excluding diaryl/α,β-unsaturated/α-hetero) is 1. The van der Waals surface area contributed by atoms with Gasteiger partial charge in [-0.05, 0) is 42.2 Å². The Morgan fingerprint density at radius 3 is 2.84 bits per heavy atom. The normalized spacial score (nSPS) is 36.2. The number of fused-ring (bicyclic) bond motifs is 3. The Hall–Kier alpha value is -1.15. The van der Waals surface area contributed by atoms with Crippen LogP contribution >= 0.6 is 0 Å². The number of benzene rings is 1. The number of ketones is 1. The van der Waals surface area contributed by atoms with Crippen molar-refractivity contribution >= 4 is 5.78 Å². The van der Waals surface area contributed by atoms with Gasteiger partial charge in [0, 0.05) is 19.0 Å². The average molecular weight is 255 g/mol. The monoisotopic (exact) mass is 255 g/mol. The molecule has 2 bridgehead atoms. The molecule has 1 aromatic carbocycles. The highest BCUT2D eigenvalue weighted by Crippen LogP contribution is 2.50. The van der Waals surface area contributed by atoms with Crippen molar-refractivity contribution in [2.45, 2.75) is 38.1 Å². The molecule has 2 saturated carbocycles. The number of carbonyl (C=O) groups excluding carboxylic acids is 1. The van der Waals surface area contributed by atoms with Crippen molar-refractivity contribution in [2.75, 3.05) is 6.54 Å². The Bertz CT molecular complexity index is 510.